The molecule has 0 N–H and O–H groups in total. The van der Waals surface area contributed by atoms with Crippen LogP contribution in [-0.4, -0.2) is 0 Å². The van der Waals surface area contributed by atoms with E-state index in [4.69, 9.17) is 0 Å². The third-order valence-corrected chi connectivity index (χ3v) is 2.14. The summed E-state index contributed by atoms with van der Waals surface area (Å²) in [6, 6.07) is 14.6. The predicted octanol–water partition coefficient (Wildman–Crippen LogP) is 3.73. The Morgan fingerprint density at radius 2 is 1.29 bits per heavy atom. The van der Waals surface area contributed by atoms with E-state index in [9.17, 15) is 0 Å². The van der Waals surface area contributed by atoms with Crippen molar-refractivity contribution < 1.29 is 19.5 Å². The maximum Gasteiger partial charge on any atom is 0 e. The molecule has 2 aromatic rings. The Balaban J connectivity index is 0.000000227. The second kappa shape index (κ2) is 6.73. The molecular weight excluding hydrogens is 257 g/mol. The van der Waals surface area contributed by atoms with Crippen molar-refractivity contribution in [1.29, 1.82) is 0 Å². The first-order valence-electron chi connectivity index (χ1n) is 4.57. The van der Waals surface area contributed by atoms with Crippen LogP contribution < -0.4 is 0 Å². The topological polar surface area (TPSA) is 0 Å². The molecule has 0 nitrogen and oxygen atoms in total. The molecule has 2 aromatic carbocycles. The summed E-state index contributed by atoms with van der Waals surface area (Å²) in [6.45, 7) is 6.32. The maximum atomic E-state index is 2.12. The normalized spacial score (nSPS) is 8.50. The van der Waals surface area contributed by atoms with Gasteiger partial charge in [0.05, 0.1) is 0 Å². The average Bonchev–Trinajstić information content (AvgIpc) is 2.67. The molecule has 2 rings (SSSR count). The molecule has 0 aliphatic carbocycles. The van der Waals surface area contributed by atoms with Gasteiger partial charge in [-0.25, -0.2) is 26.0 Å². The molecule has 1 heteroatoms. The van der Waals surface area contributed by atoms with Crippen LogP contribution in [0.1, 0.15) is 16.7 Å². The summed E-state index contributed by atoms with van der Waals surface area (Å²) in [7, 11) is 0. The van der Waals surface area contributed by atoms with Crippen LogP contribution in [0.2, 0.25) is 0 Å². The largest absolute Gasteiger partial charge is 0.747 e. The predicted molar refractivity (Wildman–Crippen MR) is 58.3 cm³/mol. The molecule has 0 saturated carbocycles. The molecule has 0 saturated heterocycles. The summed E-state index contributed by atoms with van der Waals surface area (Å²) < 4.78 is 0. The Hall–Kier alpha value is -0.677. The molecule has 0 heterocycles. The van der Waals surface area contributed by atoms with Gasteiger partial charge in [0.2, 0.25) is 0 Å². The molecule has 14 heavy (non-hydrogen) atoms. The number of hydrogen-bond acceptors (Lipinski definition) is 0. The first-order chi connectivity index (χ1) is 6.20. The van der Waals surface area contributed by atoms with Crippen LogP contribution in [0, 0.1) is 20.8 Å². The molecule has 0 unspecified atom stereocenters. The second-order valence-corrected chi connectivity index (χ2v) is 3.35. The van der Waals surface area contributed by atoms with Gasteiger partial charge in [0, 0.05) is 19.5 Å². The first-order valence-corrected chi connectivity index (χ1v) is 4.57. The Bertz CT molecular complexity index is 311. The summed E-state index contributed by atoms with van der Waals surface area (Å²) in [6.07, 6.45) is 0. The van der Waals surface area contributed by atoms with Gasteiger partial charge in [-0.2, -0.15) is 17.7 Å². The molecule has 0 radical (unpaired) electrons. The van der Waals surface area contributed by atoms with E-state index < -0.39 is 0 Å². The van der Waals surface area contributed by atoms with Crippen LogP contribution in [0.25, 0.3) is 0 Å². The van der Waals surface area contributed by atoms with Crippen molar-refractivity contribution in [3.8, 4) is 0 Å². The average molecular weight is 273 g/mol. The summed E-state index contributed by atoms with van der Waals surface area (Å²) in [5, 5.41) is 0. The van der Waals surface area contributed by atoms with Crippen molar-refractivity contribution >= 4 is 0 Å². The van der Waals surface area contributed by atoms with E-state index in [1.54, 1.807) is 0 Å². The fraction of sp³-hybridized carbons (Fsp3) is 0.231. The fourth-order valence-electron chi connectivity index (χ4n) is 1.07. The minimum atomic E-state index is 0. The van der Waals surface area contributed by atoms with Gasteiger partial charge in [0.15, 0.2) is 0 Å². The molecule has 0 atom stereocenters. The second-order valence-electron chi connectivity index (χ2n) is 3.35. The molecular formula is C13H16Ru-6. The van der Waals surface area contributed by atoms with Crippen LogP contribution in [0.5, 0.6) is 0 Å². The van der Waals surface area contributed by atoms with Crippen molar-refractivity contribution in [3.63, 3.8) is 0 Å². The first kappa shape index (κ1) is 13.3. The zero-order valence-corrected chi connectivity index (χ0v) is 10.6. The third kappa shape index (κ3) is 4.53. The Morgan fingerprint density at radius 3 is 1.43 bits per heavy atom. The minimum absolute atomic E-state index is 0. The zero-order chi connectivity index (χ0) is 9.68. The number of hydrogen-bond donors (Lipinski definition) is 0. The van der Waals surface area contributed by atoms with E-state index in [1.165, 1.54) is 16.7 Å². The van der Waals surface area contributed by atoms with Gasteiger partial charge in [-0.15, -0.1) is 0 Å². The molecule has 82 valence electrons. The van der Waals surface area contributed by atoms with Gasteiger partial charge in [0.25, 0.3) is 0 Å². The molecule has 0 aromatic heterocycles. The van der Waals surface area contributed by atoms with Crippen LogP contribution in [0.3, 0.4) is 0 Å². The summed E-state index contributed by atoms with van der Waals surface area (Å²) in [4.78, 5) is 0. The third-order valence-electron chi connectivity index (χ3n) is 2.14. The maximum absolute atomic E-state index is 2.12. The molecule has 0 aliphatic heterocycles. The molecule has 0 spiro atoms. The molecule has 0 amide bonds. The van der Waals surface area contributed by atoms with E-state index in [-0.39, 0.29) is 19.5 Å². The SMILES string of the molecule is C[c-]1[cH-][cH-][cH-][c-]1C.C[c-]1cccc1.[Ru]. The van der Waals surface area contributed by atoms with Gasteiger partial charge in [-0.05, 0) is 0 Å². The van der Waals surface area contributed by atoms with Gasteiger partial charge < -0.3 is 29.3 Å². The van der Waals surface area contributed by atoms with E-state index in [1.807, 2.05) is 12.1 Å². The van der Waals surface area contributed by atoms with Gasteiger partial charge in [0.1, 0.15) is 0 Å². The quantitative estimate of drug-likeness (QED) is 0.507. The molecule has 0 aliphatic rings. The van der Waals surface area contributed by atoms with Crippen molar-refractivity contribution in [3.05, 3.63) is 59.2 Å². The van der Waals surface area contributed by atoms with Crippen LogP contribution in [0.15, 0.2) is 42.5 Å². The van der Waals surface area contributed by atoms with Crippen molar-refractivity contribution in [1.82, 2.24) is 0 Å². The van der Waals surface area contributed by atoms with Gasteiger partial charge in [-0.1, -0.05) is 6.92 Å². The van der Waals surface area contributed by atoms with Crippen molar-refractivity contribution in [2.24, 2.45) is 0 Å². The monoisotopic (exact) mass is 274 g/mol. The van der Waals surface area contributed by atoms with Crippen LogP contribution >= 0.6 is 0 Å². The van der Waals surface area contributed by atoms with E-state index in [0.29, 0.717) is 0 Å². The van der Waals surface area contributed by atoms with Gasteiger partial charge >= 0.3 is 0 Å². The van der Waals surface area contributed by atoms with Crippen molar-refractivity contribution in [2.75, 3.05) is 0 Å². The van der Waals surface area contributed by atoms with E-state index in [2.05, 4.69) is 51.1 Å². The Kier molecular flexibility index (Phi) is 6.40. The smallest absolute Gasteiger partial charge is 0 e. The Morgan fingerprint density at radius 1 is 0.857 bits per heavy atom. The number of rotatable bonds is 0. The zero-order valence-electron chi connectivity index (χ0n) is 8.90. The van der Waals surface area contributed by atoms with Crippen LogP contribution in [-0.2, 0) is 19.5 Å². The summed E-state index contributed by atoms with van der Waals surface area (Å²) in [5.41, 5.74) is 4.12. The summed E-state index contributed by atoms with van der Waals surface area (Å²) >= 11 is 0. The molecule has 0 bridgehead atoms. The Labute approximate surface area is 99.5 Å². The standard InChI is InChI=1S/C7H9.C6H7.Ru/c1-6-4-3-5-7(6)2;1-6-4-2-3-5-6;/h3-5H,1-2H3;2-5H,1H3;/q-5;-1;. The number of aryl methyl sites for hydroxylation is 3. The minimum Gasteiger partial charge on any atom is -0.747 e. The van der Waals surface area contributed by atoms with Crippen molar-refractivity contribution in [2.45, 2.75) is 20.8 Å². The molecule has 0 fully saturated rings. The van der Waals surface area contributed by atoms with Gasteiger partial charge in [-0.3, -0.25) is 0 Å². The fourth-order valence-corrected chi connectivity index (χ4v) is 1.07. The van der Waals surface area contributed by atoms with E-state index >= 15 is 0 Å². The summed E-state index contributed by atoms with van der Waals surface area (Å²) in [5.74, 6) is 0. The van der Waals surface area contributed by atoms with E-state index in [0.717, 1.165) is 0 Å². The van der Waals surface area contributed by atoms with Crippen LogP contribution in [0.4, 0.5) is 0 Å².